The van der Waals surface area contributed by atoms with Crippen molar-refractivity contribution in [3.05, 3.63) is 108 Å². The molecule has 0 bridgehead atoms. The summed E-state index contributed by atoms with van der Waals surface area (Å²) >= 11 is 0. The number of benzene rings is 3. The van der Waals surface area contributed by atoms with Gasteiger partial charge in [-0.15, -0.1) is 0 Å². The molecule has 4 heteroatoms. The van der Waals surface area contributed by atoms with Gasteiger partial charge in [-0.25, -0.2) is 5.43 Å². The van der Waals surface area contributed by atoms with Gasteiger partial charge in [-0.1, -0.05) is 78.9 Å². The van der Waals surface area contributed by atoms with Crippen LogP contribution in [0.25, 0.3) is 10.9 Å². The van der Waals surface area contributed by atoms with Crippen LogP contribution in [0.4, 0.5) is 0 Å². The van der Waals surface area contributed by atoms with Crippen molar-refractivity contribution in [2.45, 2.75) is 0 Å². The van der Waals surface area contributed by atoms with E-state index in [0.717, 1.165) is 27.7 Å². The van der Waals surface area contributed by atoms with Crippen LogP contribution in [0.15, 0.2) is 96.2 Å². The number of rotatable bonds is 4. The molecule has 4 nitrogen and oxygen atoms in total. The lowest BCUT2D eigenvalue weighted by atomic mass is 10.0. The smallest absolute Gasteiger partial charge is 0.273 e. The van der Waals surface area contributed by atoms with Crippen LogP contribution < -0.4 is 5.43 Å². The zero-order valence-electron chi connectivity index (χ0n) is 14.0. The van der Waals surface area contributed by atoms with Crippen LogP contribution in [-0.2, 0) is 0 Å². The molecule has 1 heterocycles. The molecule has 2 N–H and O–H groups in total. The Labute approximate surface area is 151 Å². The van der Waals surface area contributed by atoms with E-state index in [4.69, 9.17) is 0 Å². The third-order valence-corrected chi connectivity index (χ3v) is 4.20. The van der Waals surface area contributed by atoms with Crippen LogP contribution >= 0.6 is 0 Å². The van der Waals surface area contributed by atoms with E-state index in [2.05, 4.69) is 15.5 Å². The predicted molar refractivity (Wildman–Crippen MR) is 104 cm³/mol. The molecule has 4 rings (SSSR count). The molecule has 4 aromatic rings. The van der Waals surface area contributed by atoms with Crippen molar-refractivity contribution in [3.63, 3.8) is 0 Å². The molecule has 0 aliphatic carbocycles. The number of nitrogens with one attached hydrogen (secondary N) is 2. The number of aromatic amines is 1. The first-order valence-electron chi connectivity index (χ1n) is 8.38. The Hall–Kier alpha value is -3.66. The lowest BCUT2D eigenvalue weighted by Crippen LogP contribution is -2.20. The molecule has 0 spiro atoms. The minimum Gasteiger partial charge on any atom is -0.360 e. The summed E-state index contributed by atoms with van der Waals surface area (Å²) in [7, 11) is 0. The number of carbonyl (C=O) groups is 1. The van der Waals surface area contributed by atoms with Gasteiger partial charge >= 0.3 is 0 Å². The molecule has 0 unspecified atom stereocenters. The number of nitrogens with zero attached hydrogens (tertiary/aromatic N) is 1. The molecule has 1 amide bonds. The molecule has 0 fully saturated rings. The van der Waals surface area contributed by atoms with Crippen LogP contribution in [0.1, 0.15) is 21.5 Å². The van der Waals surface area contributed by atoms with Gasteiger partial charge in [0.15, 0.2) is 0 Å². The number of carbonyl (C=O) groups excluding carboxylic acids is 1. The van der Waals surface area contributed by atoms with Gasteiger partial charge in [0, 0.05) is 28.2 Å². The van der Waals surface area contributed by atoms with Gasteiger partial charge in [0.2, 0.25) is 0 Å². The first-order valence-corrected chi connectivity index (χ1v) is 8.38. The molecule has 26 heavy (non-hydrogen) atoms. The molecule has 1 aromatic heterocycles. The third-order valence-electron chi connectivity index (χ3n) is 4.20. The van der Waals surface area contributed by atoms with E-state index in [-0.39, 0.29) is 5.91 Å². The molecular weight excluding hydrogens is 322 g/mol. The van der Waals surface area contributed by atoms with E-state index in [1.54, 1.807) is 6.20 Å². The van der Waals surface area contributed by atoms with Gasteiger partial charge < -0.3 is 4.98 Å². The van der Waals surface area contributed by atoms with Crippen LogP contribution in [0.2, 0.25) is 0 Å². The quantitative estimate of drug-likeness (QED) is 0.421. The maximum Gasteiger partial charge on any atom is 0.273 e. The van der Waals surface area contributed by atoms with E-state index in [9.17, 15) is 4.79 Å². The summed E-state index contributed by atoms with van der Waals surface area (Å²) in [4.78, 5) is 15.8. The Bertz CT molecular complexity index is 1020. The summed E-state index contributed by atoms with van der Waals surface area (Å²) in [5, 5.41) is 5.31. The molecule has 0 saturated heterocycles. The third kappa shape index (κ3) is 3.13. The van der Waals surface area contributed by atoms with E-state index in [0.29, 0.717) is 5.56 Å². The second-order valence-electron chi connectivity index (χ2n) is 5.88. The van der Waals surface area contributed by atoms with E-state index < -0.39 is 0 Å². The zero-order valence-corrected chi connectivity index (χ0v) is 14.0. The van der Waals surface area contributed by atoms with Gasteiger partial charge in [-0.05, 0) is 6.07 Å². The minimum absolute atomic E-state index is 0.244. The van der Waals surface area contributed by atoms with Gasteiger partial charge in [-0.3, -0.25) is 4.79 Å². The average molecular weight is 339 g/mol. The Morgan fingerprint density at radius 1 is 0.769 bits per heavy atom. The van der Waals surface area contributed by atoms with E-state index in [1.807, 2.05) is 84.9 Å². The highest BCUT2D eigenvalue weighted by Gasteiger charge is 2.12. The van der Waals surface area contributed by atoms with Crippen LogP contribution in [0.5, 0.6) is 0 Å². The van der Waals surface area contributed by atoms with Gasteiger partial charge in [-0.2, -0.15) is 5.10 Å². The summed E-state index contributed by atoms with van der Waals surface area (Å²) in [5.74, 6) is -0.244. The van der Waals surface area contributed by atoms with Crippen LogP contribution in [-0.4, -0.2) is 16.6 Å². The van der Waals surface area contributed by atoms with Crippen molar-refractivity contribution in [2.24, 2.45) is 5.10 Å². The number of aromatic nitrogens is 1. The Morgan fingerprint density at radius 2 is 1.35 bits per heavy atom. The second-order valence-corrected chi connectivity index (χ2v) is 5.88. The van der Waals surface area contributed by atoms with Gasteiger partial charge in [0.1, 0.15) is 0 Å². The highest BCUT2D eigenvalue weighted by molar-refractivity contribution is 6.14. The van der Waals surface area contributed by atoms with Crippen molar-refractivity contribution in [1.82, 2.24) is 10.4 Å². The highest BCUT2D eigenvalue weighted by Crippen LogP contribution is 2.17. The Morgan fingerprint density at radius 3 is 2.00 bits per heavy atom. The number of para-hydroxylation sites is 1. The molecule has 3 aromatic carbocycles. The van der Waals surface area contributed by atoms with Gasteiger partial charge in [0.05, 0.1) is 11.3 Å². The van der Waals surface area contributed by atoms with Crippen LogP contribution in [0.3, 0.4) is 0 Å². The second kappa shape index (κ2) is 7.07. The molecule has 0 aliphatic rings. The van der Waals surface area contributed by atoms with Crippen LogP contribution in [0, 0.1) is 0 Å². The first-order chi connectivity index (χ1) is 12.8. The van der Waals surface area contributed by atoms with Gasteiger partial charge in [0.25, 0.3) is 5.91 Å². The SMILES string of the molecule is O=C(NN=C(c1ccccc1)c1ccccc1)c1c[nH]c2ccccc12. The maximum atomic E-state index is 12.6. The summed E-state index contributed by atoms with van der Waals surface area (Å²) in [6.07, 6.45) is 1.71. The average Bonchev–Trinajstić information content (AvgIpc) is 3.14. The lowest BCUT2D eigenvalue weighted by molar-refractivity contribution is 0.0956. The van der Waals surface area contributed by atoms with Crippen molar-refractivity contribution in [3.8, 4) is 0 Å². The summed E-state index contributed by atoms with van der Waals surface area (Å²) in [5.41, 5.74) is 6.81. The summed E-state index contributed by atoms with van der Waals surface area (Å²) in [6.45, 7) is 0. The molecule has 0 radical (unpaired) electrons. The number of amides is 1. The number of H-pyrrole nitrogens is 1. The van der Waals surface area contributed by atoms with Crippen molar-refractivity contribution in [2.75, 3.05) is 0 Å². The standard InChI is InChI=1S/C22H17N3O/c26-22(19-15-23-20-14-8-7-13-18(19)20)25-24-21(16-9-3-1-4-10-16)17-11-5-2-6-12-17/h1-15,23H,(H,25,26). The van der Waals surface area contributed by atoms with Crippen molar-refractivity contribution < 1.29 is 4.79 Å². The highest BCUT2D eigenvalue weighted by atomic mass is 16.2. The fraction of sp³-hybridized carbons (Fsp3) is 0. The van der Waals surface area contributed by atoms with Crippen molar-refractivity contribution >= 4 is 22.5 Å². The molecule has 0 atom stereocenters. The molecule has 0 saturated carbocycles. The Balaban J connectivity index is 1.68. The number of fused-ring (bicyclic) bond motifs is 1. The largest absolute Gasteiger partial charge is 0.360 e. The normalized spacial score (nSPS) is 10.5. The molecule has 126 valence electrons. The first kappa shape index (κ1) is 15.8. The topological polar surface area (TPSA) is 57.2 Å². The number of hydrogen-bond donors (Lipinski definition) is 2. The monoisotopic (exact) mass is 339 g/mol. The van der Waals surface area contributed by atoms with E-state index >= 15 is 0 Å². The predicted octanol–water partition coefficient (Wildman–Crippen LogP) is 4.35. The minimum atomic E-state index is -0.244. The Kier molecular flexibility index (Phi) is 4.31. The zero-order chi connectivity index (χ0) is 17.8. The summed E-state index contributed by atoms with van der Waals surface area (Å²) in [6, 6.07) is 27.3. The van der Waals surface area contributed by atoms with E-state index in [1.165, 1.54) is 0 Å². The fourth-order valence-electron chi connectivity index (χ4n) is 2.91. The fourth-order valence-corrected chi connectivity index (χ4v) is 2.91. The van der Waals surface area contributed by atoms with Crippen molar-refractivity contribution in [1.29, 1.82) is 0 Å². The summed E-state index contributed by atoms with van der Waals surface area (Å²) < 4.78 is 0. The lowest BCUT2D eigenvalue weighted by Gasteiger charge is -2.08. The number of hydrazone groups is 1. The molecule has 0 aliphatic heterocycles. The maximum absolute atomic E-state index is 12.6. The molecular formula is C22H17N3O. The number of hydrogen-bond acceptors (Lipinski definition) is 2.